The van der Waals surface area contributed by atoms with E-state index in [-0.39, 0.29) is 82.1 Å². The number of methoxy groups -OCH3 is 1. The van der Waals surface area contributed by atoms with E-state index in [9.17, 15) is 23.6 Å². The first kappa shape index (κ1) is 32.4. The van der Waals surface area contributed by atoms with Gasteiger partial charge in [0.2, 0.25) is 5.91 Å². The van der Waals surface area contributed by atoms with E-state index < -0.39 is 23.4 Å². The van der Waals surface area contributed by atoms with Gasteiger partial charge in [-0.25, -0.2) is 9.18 Å². The lowest BCUT2D eigenvalue weighted by Crippen LogP contribution is -2.58. The maximum atomic E-state index is 14.8. The van der Waals surface area contributed by atoms with Gasteiger partial charge in [-0.15, -0.1) is 0 Å². The number of cyclic esters (lactones) is 1. The van der Waals surface area contributed by atoms with Crippen molar-refractivity contribution in [3.8, 4) is 28.7 Å². The van der Waals surface area contributed by atoms with Crippen LogP contribution in [0.1, 0.15) is 28.8 Å². The summed E-state index contributed by atoms with van der Waals surface area (Å²) in [6, 6.07) is 15.4. The van der Waals surface area contributed by atoms with Crippen molar-refractivity contribution in [1.82, 2.24) is 20.4 Å². The van der Waals surface area contributed by atoms with Crippen LogP contribution in [0, 0.1) is 5.82 Å². The molecule has 13 nitrogen and oxygen atoms in total. The Kier molecular flexibility index (Phi) is 9.50. The third-order valence-corrected chi connectivity index (χ3v) is 8.34. The lowest BCUT2D eigenvalue weighted by Gasteiger charge is -2.40. The number of likely N-dealkylation sites (tertiary alicyclic amines) is 1. The van der Waals surface area contributed by atoms with Crippen LogP contribution in [-0.2, 0) is 20.9 Å². The third-order valence-electron chi connectivity index (χ3n) is 8.34. The average molecular weight is 663 g/mol. The molecule has 4 aliphatic heterocycles. The number of rotatable bonds is 3. The Balaban J connectivity index is 1.25. The molecule has 7 rings (SSSR count). The fourth-order valence-electron chi connectivity index (χ4n) is 5.74. The Labute approximate surface area is 275 Å². The number of halogens is 1. The van der Waals surface area contributed by atoms with Gasteiger partial charge in [0.1, 0.15) is 42.8 Å². The molecule has 0 saturated carbocycles. The highest BCUT2D eigenvalue weighted by Gasteiger charge is 2.45. The fourth-order valence-corrected chi connectivity index (χ4v) is 5.74. The van der Waals surface area contributed by atoms with Gasteiger partial charge >= 0.3 is 6.09 Å². The number of piperidine rings is 1. The third kappa shape index (κ3) is 7.37. The Bertz CT molecular complexity index is 1690. The SMILES string of the molecule is COc1ccc2cc1Oc1cc(F)cc(c1)CNC(=O)C1(CCN(C(=O)CN3CCOC3=O)CC1)Oc1ccc(cc1)OCCNC2=O. The van der Waals surface area contributed by atoms with E-state index in [0.717, 1.165) is 0 Å². The van der Waals surface area contributed by atoms with E-state index >= 15 is 0 Å². The van der Waals surface area contributed by atoms with Crippen LogP contribution in [0.2, 0.25) is 0 Å². The summed E-state index contributed by atoms with van der Waals surface area (Å²) < 4.78 is 43.2. The number of hydrogen-bond acceptors (Lipinski definition) is 9. The standard InChI is InChI=1S/C34H35FN4O9/c1-44-28-7-2-23-18-29(28)47-27-17-22(16-24(35)19-27)20-37-32(42)34(48-26-5-3-25(4-6-26)45-14-10-36-31(23)41)8-11-38(12-9-34)30(40)21-39-13-15-46-33(39)43/h2-7,16-19H,8-15,20-21H2,1H3,(H,36,41)(H,37,42). The second-order valence-electron chi connectivity index (χ2n) is 11.5. The number of amides is 4. The molecule has 0 aromatic heterocycles. The normalized spacial score (nSPS) is 18.0. The van der Waals surface area contributed by atoms with Crippen molar-refractivity contribution >= 4 is 23.8 Å². The van der Waals surface area contributed by atoms with Crippen LogP contribution in [0.4, 0.5) is 9.18 Å². The highest BCUT2D eigenvalue weighted by atomic mass is 19.1. The predicted molar refractivity (Wildman–Crippen MR) is 168 cm³/mol. The Morgan fingerprint density at radius 1 is 0.896 bits per heavy atom. The molecule has 6 bridgehead atoms. The molecule has 2 N–H and O–H groups in total. The quantitative estimate of drug-likeness (QED) is 0.432. The van der Waals surface area contributed by atoms with Gasteiger partial charge < -0.3 is 39.2 Å². The molecule has 0 radical (unpaired) electrons. The summed E-state index contributed by atoms with van der Waals surface area (Å²) in [5.74, 6) is -0.0394. The lowest BCUT2D eigenvalue weighted by molar-refractivity contribution is -0.146. The van der Waals surface area contributed by atoms with E-state index in [4.69, 9.17) is 23.7 Å². The van der Waals surface area contributed by atoms with E-state index in [2.05, 4.69) is 10.6 Å². The maximum Gasteiger partial charge on any atom is 0.410 e. The molecule has 4 amide bonds. The monoisotopic (exact) mass is 662 g/mol. The maximum absolute atomic E-state index is 14.8. The summed E-state index contributed by atoms with van der Waals surface area (Å²) in [4.78, 5) is 54.5. The summed E-state index contributed by atoms with van der Waals surface area (Å²) in [5.41, 5.74) is -0.632. The van der Waals surface area contributed by atoms with Gasteiger partial charge in [0.05, 0.1) is 20.2 Å². The molecule has 252 valence electrons. The zero-order valence-electron chi connectivity index (χ0n) is 26.3. The minimum Gasteiger partial charge on any atom is -0.493 e. The van der Waals surface area contributed by atoms with Gasteiger partial charge in [-0.1, -0.05) is 0 Å². The average Bonchev–Trinajstić information content (AvgIpc) is 3.49. The second-order valence-corrected chi connectivity index (χ2v) is 11.5. The van der Waals surface area contributed by atoms with E-state index in [1.54, 1.807) is 47.4 Å². The Morgan fingerprint density at radius 3 is 2.40 bits per heavy atom. The summed E-state index contributed by atoms with van der Waals surface area (Å²) in [6.45, 7) is 1.24. The van der Waals surface area contributed by atoms with E-state index in [0.29, 0.717) is 34.9 Å². The lowest BCUT2D eigenvalue weighted by atomic mass is 9.89. The number of benzene rings is 3. The summed E-state index contributed by atoms with van der Waals surface area (Å²) in [6.07, 6.45) is -0.192. The molecule has 3 aromatic carbocycles. The molecule has 1 spiro atoms. The Hall–Kier alpha value is -5.53. The first-order chi connectivity index (χ1) is 23.2. The number of carbonyl (C=O) groups excluding carboxylic acids is 4. The van der Waals surface area contributed by atoms with Crippen LogP contribution in [0.15, 0.2) is 60.7 Å². The molecule has 0 atom stereocenters. The van der Waals surface area contributed by atoms with Crippen LogP contribution in [0.3, 0.4) is 0 Å². The van der Waals surface area contributed by atoms with Crippen LogP contribution >= 0.6 is 0 Å². The van der Waals surface area contributed by atoms with Crippen molar-refractivity contribution in [3.63, 3.8) is 0 Å². The van der Waals surface area contributed by atoms with E-state index in [1.165, 1.54) is 30.2 Å². The van der Waals surface area contributed by atoms with Gasteiger partial charge in [-0.05, 0) is 60.2 Å². The van der Waals surface area contributed by atoms with Crippen molar-refractivity contribution in [1.29, 1.82) is 0 Å². The molecule has 0 unspecified atom stereocenters. The molecule has 48 heavy (non-hydrogen) atoms. The molecule has 0 aliphatic carbocycles. The molecular weight excluding hydrogens is 627 g/mol. The summed E-state index contributed by atoms with van der Waals surface area (Å²) in [5, 5.41) is 5.68. The number of carbonyl (C=O) groups is 4. The molecular formula is C34H35FN4O9. The minimum absolute atomic E-state index is 0.0515. The molecule has 3 aromatic rings. The topological polar surface area (TPSA) is 145 Å². The Morgan fingerprint density at radius 2 is 1.67 bits per heavy atom. The zero-order chi connectivity index (χ0) is 33.7. The van der Waals surface area contributed by atoms with Crippen molar-refractivity contribution < 1.29 is 47.3 Å². The molecule has 14 heteroatoms. The zero-order valence-corrected chi connectivity index (χ0v) is 26.3. The largest absolute Gasteiger partial charge is 0.493 e. The van der Waals surface area contributed by atoms with Crippen molar-refractivity contribution in [2.75, 3.05) is 53.0 Å². The first-order valence-corrected chi connectivity index (χ1v) is 15.5. The summed E-state index contributed by atoms with van der Waals surface area (Å²) >= 11 is 0. The summed E-state index contributed by atoms with van der Waals surface area (Å²) in [7, 11) is 1.45. The van der Waals surface area contributed by atoms with Crippen molar-refractivity contribution in [2.24, 2.45) is 0 Å². The smallest absolute Gasteiger partial charge is 0.410 e. The highest BCUT2D eigenvalue weighted by molar-refractivity contribution is 5.95. The number of ether oxygens (including phenoxy) is 5. The first-order valence-electron chi connectivity index (χ1n) is 15.5. The van der Waals surface area contributed by atoms with Crippen LogP contribution in [0.5, 0.6) is 28.7 Å². The van der Waals surface area contributed by atoms with Crippen LogP contribution in [-0.4, -0.2) is 92.3 Å². The predicted octanol–water partition coefficient (Wildman–Crippen LogP) is 3.26. The molecule has 4 heterocycles. The van der Waals surface area contributed by atoms with Gasteiger partial charge in [-0.3, -0.25) is 19.3 Å². The molecule has 2 saturated heterocycles. The minimum atomic E-state index is -1.35. The van der Waals surface area contributed by atoms with Crippen molar-refractivity contribution in [3.05, 3.63) is 77.6 Å². The van der Waals surface area contributed by atoms with Gasteiger partial charge in [0, 0.05) is 44.1 Å². The number of fused-ring (bicyclic) bond motifs is 8. The van der Waals surface area contributed by atoms with E-state index in [1.807, 2.05) is 0 Å². The van der Waals surface area contributed by atoms with Gasteiger partial charge in [0.15, 0.2) is 17.1 Å². The number of nitrogens with one attached hydrogen (secondary N) is 2. The fraction of sp³-hybridized carbons (Fsp3) is 0.353. The number of nitrogens with zero attached hydrogens (tertiary/aromatic N) is 2. The van der Waals surface area contributed by atoms with Gasteiger partial charge in [0.25, 0.3) is 11.8 Å². The van der Waals surface area contributed by atoms with Crippen LogP contribution < -0.4 is 29.6 Å². The molecule has 4 aliphatic rings. The second kappa shape index (κ2) is 14.1. The van der Waals surface area contributed by atoms with Crippen LogP contribution in [0.25, 0.3) is 0 Å². The van der Waals surface area contributed by atoms with Crippen molar-refractivity contribution in [2.45, 2.75) is 25.0 Å². The molecule has 2 fully saturated rings. The number of hydrogen-bond donors (Lipinski definition) is 2. The van der Waals surface area contributed by atoms with Gasteiger partial charge in [-0.2, -0.15) is 0 Å². The highest BCUT2D eigenvalue weighted by Crippen LogP contribution is 2.34.